The largest absolute Gasteiger partial charge is 0.389 e. The Labute approximate surface area is 104 Å². The second-order valence-electron chi connectivity index (χ2n) is 5.20. The molecule has 100 valence electrons. The predicted octanol–water partition coefficient (Wildman–Crippen LogP) is 1.18. The summed E-state index contributed by atoms with van der Waals surface area (Å²) in [6.07, 6.45) is 4.70. The minimum Gasteiger partial charge on any atom is -0.389 e. The van der Waals surface area contributed by atoms with E-state index in [0.29, 0.717) is 6.54 Å². The van der Waals surface area contributed by atoms with E-state index in [0.717, 1.165) is 32.1 Å². The molecule has 0 saturated heterocycles. The first-order valence-electron chi connectivity index (χ1n) is 6.77. The van der Waals surface area contributed by atoms with Gasteiger partial charge in [0.25, 0.3) is 0 Å². The monoisotopic (exact) mass is 242 g/mol. The first-order chi connectivity index (χ1) is 8.00. The number of amides is 1. The van der Waals surface area contributed by atoms with E-state index >= 15 is 0 Å². The molecule has 1 rings (SSSR count). The van der Waals surface area contributed by atoms with E-state index in [1.165, 1.54) is 0 Å². The van der Waals surface area contributed by atoms with Gasteiger partial charge in [0, 0.05) is 12.6 Å². The summed E-state index contributed by atoms with van der Waals surface area (Å²) >= 11 is 0. The Bertz CT molecular complexity index is 248. The third kappa shape index (κ3) is 4.28. The van der Waals surface area contributed by atoms with E-state index < -0.39 is 5.60 Å². The summed E-state index contributed by atoms with van der Waals surface area (Å²) in [6, 6.07) is 0.0266. The molecule has 0 aliphatic heterocycles. The summed E-state index contributed by atoms with van der Waals surface area (Å²) in [4.78, 5) is 11.8. The van der Waals surface area contributed by atoms with Gasteiger partial charge in [0.05, 0.1) is 11.6 Å². The molecule has 4 nitrogen and oxygen atoms in total. The molecule has 1 fully saturated rings. The topological polar surface area (TPSA) is 61.4 Å². The maximum atomic E-state index is 11.8. The number of carbonyl (C=O) groups is 1. The third-order valence-corrected chi connectivity index (χ3v) is 3.75. The van der Waals surface area contributed by atoms with Crippen LogP contribution in [-0.4, -0.2) is 35.2 Å². The second-order valence-corrected chi connectivity index (χ2v) is 5.20. The molecular formula is C13H26N2O2. The highest BCUT2D eigenvalue weighted by molar-refractivity contribution is 5.81. The molecule has 0 heterocycles. The highest BCUT2D eigenvalue weighted by atomic mass is 16.3. The lowest BCUT2D eigenvalue weighted by atomic mass is 9.80. The number of aliphatic hydroxyl groups is 1. The van der Waals surface area contributed by atoms with Crippen LogP contribution in [0.1, 0.15) is 52.9 Å². The van der Waals surface area contributed by atoms with Gasteiger partial charge in [0.2, 0.25) is 5.91 Å². The molecule has 1 aliphatic carbocycles. The lowest BCUT2D eigenvalue weighted by molar-refractivity contribution is -0.124. The van der Waals surface area contributed by atoms with Crippen LogP contribution >= 0.6 is 0 Å². The van der Waals surface area contributed by atoms with Gasteiger partial charge in [-0.25, -0.2) is 0 Å². The van der Waals surface area contributed by atoms with Gasteiger partial charge in [0.15, 0.2) is 0 Å². The fraction of sp³-hybridized carbons (Fsp3) is 0.923. The predicted molar refractivity (Wildman–Crippen MR) is 68.8 cm³/mol. The Morgan fingerprint density at radius 1 is 1.35 bits per heavy atom. The molecule has 1 amide bonds. The summed E-state index contributed by atoms with van der Waals surface area (Å²) in [5, 5.41) is 16.0. The number of rotatable bonds is 7. The maximum Gasteiger partial charge on any atom is 0.237 e. The van der Waals surface area contributed by atoms with Crippen molar-refractivity contribution in [1.29, 1.82) is 0 Å². The number of nitrogens with one attached hydrogen (secondary N) is 2. The van der Waals surface area contributed by atoms with Crippen LogP contribution in [0.2, 0.25) is 0 Å². The minimum atomic E-state index is -0.566. The van der Waals surface area contributed by atoms with Crippen LogP contribution in [0.15, 0.2) is 0 Å². The Morgan fingerprint density at radius 3 is 2.35 bits per heavy atom. The number of hydrogen-bond acceptors (Lipinski definition) is 3. The van der Waals surface area contributed by atoms with E-state index in [4.69, 9.17) is 0 Å². The summed E-state index contributed by atoms with van der Waals surface area (Å²) in [7, 11) is 0. The van der Waals surface area contributed by atoms with Crippen molar-refractivity contribution in [3.05, 3.63) is 0 Å². The normalized spacial score (nSPS) is 19.8. The zero-order valence-electron chi connectivity index (χ0n) is 11.3. The maximum absolute atomic E-state index is 11.8. The number of hydrogen-bond donors (Lipinski definition) is 3. The van der Waals surface area contributed by atoms with E-state index in [-0.39, 0.29) is 18.0 Å². The first-order valence-corrected chi connectivity index (χ1v) is 6.77. The van der Waals surface area contributed by atoms with Crippen molar-refractivity contribution in [2.45, 2.75) is 70.6 Å². The fourth-order valence-electron chi connectivity index (χ4n) is 2.02. The zero-order valence-corrected chi connectivity index (χ0v) is 11.3. The van der Waals surface area contributed by atoms with Crippen molar-refractivity contribution in [2.24, 2.45) is 0 Å². The number of carbonyl (C=O) groups excluding carboxylic acids is 1. The smallest absolute Gasteiger partial charge is 0.237 e. The summed E-state index contributed by atoms with van der Waals surface area (Å²) in [5.74, 6) is 0.0293. The van der Waals surface area contributed by atoms with Crippen LogP contribution in [0.5, 0.6) is 0 Å². The third-order valence-electron chi connectivity index (χ3n) is 3.75. The lowest BCUT2D eigenvalue weighted by Gasteiger charge is -2.37. The van der Waals surface area contributed by atoms with Crippen LogP contribution in [0.3, 0.4) is 0 Å². The van der Waals surface area contributed by atoms with E-state index in [1.807, 2.05) is 6.92 Å². The van der Waals surface area contributed by atoms with Gasteiger partial charge >= 0.3 is 0 Å². The van der Waals surface area contributed by atoms with Crippen molar-refractivity contribution in [3.8, 4) is 0 Å². The molecule has 0 aromatic rings. The summed E-state index contributed by atoms with van der Waals surface area (Å²) in [6.45, 7) is 6.51. The molecule has 0 aromatic carbocycles. The van der Waals surface area contributed by atoms with Gasteiger partial charge in [-0.05, 0) is 39.0 Å². The molecule has 0 radical (unpaired) electrons. The van der Waals surface area contributed by atoms with Crippen molar-refractivity contribution in [1.82, 2.24) is 10.6 Å². The molecule has 1 unspecified atom stereocenters. The minimum absolute atomic E-state index is 0.0293. The SMILES string of the molecule is CCC(CC)NC(=O)C(C)NCC1(O)CCC1. The Balaban J connectivity index is 2.26. The van der Waals surface area contributed by atoms with Gasteiger partial charge in [-0.15, -0.1) is 0 Å². The molecule has 17 heavy (non-hydrogen) atoms. The Hall–Kier alpha value is -0.610. The molecule has 4 heteroatoms. The van der Waals surface area contributed by atoms with Crippen molar-refractivity contribution >= 4 is 5.91 Å². The van der Waals surface area contributed by atoms with E-state index in [9.17, 15) is 9.90 Å². The van der Waals surface area contributed by atoms with Gasteiger partial charge in [0.1, 0.15) is 0 Å². The van der Waals surface area contributed by atoms with Crippen molar-refractivity contribution in [3.63, 3.8) is 0 Å². The molecule has 1 saturated carbocycles. The molecule has 0 aromatic heterocycles. The first kappa shape index (κ1) is 14.5. The van der Waals surface area contributed by atoms with Crippen LogP contribution < -0.4 is 10.6 Å². The molecular weight excluding hydrogens is 216 g/mol. The quantitative estimate of drug-likeness (QED) is 0.628. The molecule has 0 bridgehead atoms. The van der Waals surface area contributed by atoms with Crippen LogP contribution in [-0.2, 0) is 4.79 Å². The van der Waals surface area contributed by atoms with Crippen LogP contribution in [0, 0.1) is 0 Å². The highest BCUT2D eigenvalue weighted by Crippen LogP contribution is 2.30. The Kier molecular flexibility index (Phi) is 5.40. The lowest BCUT2D eigenvalue weighted by Crippen LogP contribution is -2.53. The van der Waals surface area contributed by atoms with Gasteiger partial charge < -0.3 is 15.7 Å². The molecule has 3 N–H and O–H groups in total. The molecule has 0 spiro atoms. The highest BCUT2D eigenvalue weighted by Gasteiger charge is 2.34. The van der Waals surface area contributed by atoms with Crippen molar-refractivity contribution < 1.29 is 9.90 Å². The zero-order chi connectivity index (χ0) is 12.9. The van der Waals surface area contributed by atoms with Gasteiger partial charge in [-0.1, -0.05) is 13.8 Å². The van der Waals surface area contributed by atoms with Crippen LogP contribution in [0.4, 0.5) is 0 Å². The standard InChI is InChI=1S/C13H26N2O2/c1-4-11(5-2)15-12(16)10(3)14-9-13(17)7-6-8-13/h10-11,14,17H,4-9H2,1-3H3,(H,15,16). The van der Waals surface area contributed by atoms with E-state index in [1.54, 1.807) is 0 Å². The average Bonchev–Trinajstić information content (AvgIpc) is 2.30. The van der Waals surface area contributed by atoms with Gasteiger partial charge in [-0.2, -0.15) is 0 Å². The second kappa shape index (κ2) is 6.36. The van der Waals surface area contributed by atoms with Crippen molar-refractivity contribution in [2.75, 3.05) is 6.54 Å². The van der Waals surface area contributed by atoms with Gasteiger partial charge in [-0.3, -0.25) is 4.79 Å². The molecule has 1 aliphatic rings. The van der Waals surface area contributed by atoms with E-state index in [2.05, 4.69) is 24.5 Å². The fourth-order valence-corrected chi connectivity index (χ4v) is 2.02. The molecule has 1 atom stereocenters. The average molecular weight is 242 g/mol. The summed E-state index contributed by atoms with van der Waals surface area (Å²) in [5.41, 5.74) is -0.566. The van der Waals surface area contributed by atoms with Crippen LogP contribution in [0.25, 0.3) is 0 Å². The Morgan fingerprint density at radius 2 is 1.94 bits per heavy atom. The summed E-state index contributed by atoms with van der Waals surface area (Å²) < 4.78 is 0.